The standard InChI is InChI=1S/C29H51N7O7.CH2O2.CH4O/c1-4-33-10-12-34(18-19-37)13-15-36(22-25(39)40)17-16-35(14-11-33)21-24(38)32-43-20-9-31-27-26(28(41)29(27)42)30-8-6-5-7-23(2)3;2-1-3;1-2/h19,23,30-31H,4-18,20-22H2,1-3H3,(H,32,38)(H,39,40);1H,(H,2,3);2H,1H3. The van der Waals surface area contributed by atoms with Crippen molar-refractivity contribution < 1.29 is 39.3 Å². The highest BCUT2D eigenvalue weighted by atomic mass is 16.7. The van der Waals surface area contributed by atoms with E-state index in [0.29, 0.717) is 64.0 Å². The minimum atomic E-state index is -0.925. The number of carboxylic acid groups (broad SMARTS) is 2. The second-order valence-electron chi connectivity index (χ2n) is 11.5. The number of carbonyl (C=O) groups is 4. The molecule has 1 amide bonds. The molecule has 1 aliphatic heterocycles. The molecule has 1 aromatic carbocycles. The van der Waals surface area contributed by atoms with Crippen molar-refractivity contribution in [2.45, 2.75) is 40.0 Å². The second-order valence-corrected chi connectivity index (χ2v) is 11.5. The van der Waals surface area contributed by atoms with Gasteiger partial charge in [0.1, 0.15) is 17.7 Å². The van der Waals surface area contributed by atoms with Crippen LogP contribution in [0.2, 0.25) is 0 Å². The molecular formula is C31H57N7O10. The highest BCUT2D eigenvalue weighted by Crippen LogP contribution is 2.14. The van der Waals surface area contributed by atoms with Crippen molar-refractivity contribution in [1.82, 2.24) is 25.1 Å². The average Bonchev–Trinajstić information content (AvgIpc) is 3.05. The van der Waals surface area contributed by atoms with Crippen LogP contribution in [0, 0.1) is 5.92 Å². The van der Waals surface area contributed by atoms with Crippen LogP contribution in [0.4, 0.5) is 11.4 Å². The van der Waals surface area contributed by atoms with E-state index in [-0.39, 0.29) is 44.3 Å². The summed E-state index contributed by atoms with van der Waals surface area (Å²) < 4.78 is 0. The third kappa shape index (κ3) is 19.4. The maximum absolute atomic E-state index is 12.7. The first-order valence-corrected chi connectivity index (χ1v) is 16.3. The molecule has 2 rings (SSSR count). The van der Waals surface area contributed by atoms with Gasteiger partial charge in [-0.05, 0) is 18.9 Å². The summed E-state index contributed by atoms with van der Waals surface area (Å²) >= 11 is 0. The number of rotatable bonds is 18. The fourth-order valence-electron chi connectivity index (χ4n) is 4.90. The SMILES string of the molecule is CCN1CCN(CC=O)CCN(CC(=O)O)CCN(CC(=O)NOCCNc2c(NCCCCC(C)C)c(=O)c2=O)CC1.CO.O=CO. The Morgan fingerprint density at radius 1 is 0.812 bits per heavy atom. The molecule has 0 atom stereocenters. The number of likely N-dealkylation sites (N-methyl/N-ethyl adjacent to an activating group) is 1. The molecule has 48 heavy (non-hydrogen) atoms. The van der Waals surface area contributed by atoms with E-state index in [1.165, 1.54) is 0 Å². The average molecular weight is 688 g/mol. The van der Waals surface area contributed by atoms with Gasteiger partial charge in [0, 0.05) is 72.6 Å². The summed E-state index contributed by atoms with van der Waals surface area (Å²) in [6.07, 6.45) is 3.95. The van der Waals surface area contributed by atoms with Crippen molar-refractivity contribution in [3.63, 3.8) is 0 Å². The Morgan fingerprint density at radius 3 is 1.77 bits per heavy atom. The van der Waals surface area contributed by atoms with Gasteiger partial charge in [-0.2, -0.15) is 0 Å². The van der Waals surface area contributed by atoms with Gasteiger partial charge in [-0.15, -0.1) is 0 Å². The molecule has 1 saturated heterocycles. The van der Waals surface area contributed by atoms with E-state index in [1.54, 1.807) is 0 Å². The lowest BCUT2D eigenvalue weighted by Gasteiger charge is -2.32. The van der Waals surface area contributed by atoms with Crippen molar-refractivity contribution in [2.24, 2.45) is 5.92 Å². The third-order valence-corrected chi connectivity index (χ3v) is 7.55. The minimum Gasteiger partial charge on any atom is -0.483 e. The maximum atomic E-state index is 12.7. The predicted molar refractivity (Wildman–Crippen MR) is 183 cm³/mol. The zero-order valence-electron chi connectivity index (χ0n) is 28.9. The van der Waals surface area contributed by atoms with E-state index >= 15 is 0 Å². The van der Waals surface area contributed by atoms with Gasteiger partial charge >= 0.3 is 5.97 Å². The van der Waals surface area contributed by atoms with Crippen LogP contribution in [0.5, 0.6) is 0 Å². The third-order valence-electron chi connectivity index (χ3n) is 7.55. The highest BCUT2D eigenvalue weighted by molar-refractivity contribution is 5.77. The van der Waals surface area contributed by atoms with Gasteiger partial charge < -0.3 is 35.6 Å². The zero-order chi connectivity index (χ0) is 36.3. The molecule has 0 radical (unpaired) electrons. The fourth-order valence-corrected chi connectivity index (χ4v) is 4.90. The molecule has 0 spiro atoms. The summed E-state index contributed by atoms with van der Waals surface area (Å²) in [6, 6.07) is 0. The number of carboxylic acids is 1. The van der Waals surface area contributed by atoms with Crippen molar-refractivity contribution in [2.75, 3.05) is 116 Å². The van der Waals surface area contributed by atoms with E-state index in [0.717, 1.165) is 52.3 Å². The first-order valence-electron chi connectivity index (χ1n) is 16.3. The number of aliphatic carboxylic acids is 1. The number of amides is 1. The number of aliphatic hydroxyl groups is 1. The van der Waals surface area contributed by atoms with Crippen molar-refractivity contribution in [3.05, 3.63) is 20.4 Å². The quantitative estimate of drug-likeness (QED) is 0.0462. The second kappa shape index (κ2) is 27.5. The summed E-state index contributed by atoms with van der Waals surface area (Å²) in [5.41, 5.74) is 1.92. The van der Waals surface area contributed by atoms with Crippen LogP contribution in [0.1, 0.15) is 40.0 Å². The Hall–Kier alpha value is -3.48. The van der Waals surface area contributed by atoms with Crippen LogP contribution in [0.15, 0.2) is 9.59 Å². The van der Waals surface area contributed by atoms with Crippen LogP contribution in [0.25, 0.3) is 0 Å². The van der Waals surface area contributed by atoms with Crippen LogP contribution in [0.3, 0.4) is 0 Å². The van der Waals surface area contributed by atoms with E-state index < -0.39 is 16.8 Å². The van der Waals surface area contributed by atoms with E-state index in [4.69, 9.17) is 19.8 Å². The maximum Gasteiger partial charge on any atom is 0.317 e. The van der Waals surface area contributed by atoms with Gasteiger partial charge in [-0.1, -0.05) is 33.6 Å². The molecule has 0 aromatic heterocycles. The lowest BCUT2D eigenvalue weighted by molar-refractivity contribution is -0.139. The van der Waals surface area contributed by atoms with Gasteiger partial charge in [-0.25, -0.2) is 5.48 Å². The summed E-state index contributed by atoms with van der Waals surface area (Å²) in [5, 5.41) is 29.2. The number of hydrogen-bond donors (Lipinski definition) is 6. The smallest absolute Gasteiger partial charge is 0.317 e. The number of unbranched alkanes of at least 4 members (excludes halogenated alkanes) is 1. The van der Waals surface area contributed by atoms with Gasteiger partial charge in [-0.3, -0.25) is 43.5 Å². The monoisotopic (exact) mass is 687 g/mol. The van der Waals surface area contributed by atoms with Gasteiger partial charge in [0.2, 0.25) is 0 Å². The predicted octanol–water partition coefficient (Wildman–Crippen LogP) is -1.19. The Labute approximate surface area is 282 Å². The fraction of sp³-hybridized carbons (Fsp3) is 0.742. The number of hydrogen-bond acceptors (Lipinski definition) is 14. The highest BCUT2D eigenvalue weighted by Gasteiger charge is 2.21. The topological polar surface area (TPSA) is 221 Å². The number of nitrogens with zero attached hydrogens (tertiary/aromatic N) is 4. The first kappa shape index (κ1) is 44.5. The van der Waals surface area contributed by atoms with Gasteiger partial charge in [0.25, 0.3) is 23.2 Å². The van der Waals surface area contributed by atoms with Gasteiger partial charge in [0.15, 0.2) is 0 Å². The Bertz CT molecular complexity index is 1110. The van der Waals surface area contributed by atoms with Crippen molar-refractivity contribution in [3.8, 4) is 0 Å². The molecule has 0 unspecified atom stereocenters. The van der Waals surface area contributed by atoms with E-state index in [1.807, 2.05) is 14.7 Å². The lowest BCUT2D eigenvalue weighted by atomic mass is 10.1. The molecule has 1 fully saturated rings. The first-order chi connectivity index (χ1) is 23.1. The van der Waals surface area contributed by atoms with E-state index in [2.05, 4.69) is 41.8 Å². The van der Waals surface area contributed by atoms with Crippen LogP contribution >= 0.6 is 0 Å². The molecular weight excluding hydrogens is 630 g/mol. The molecule has 0 bridgehead atoms. The normalized spacial score (nSPS) is 15.5. The van der Waals surface area contributed by atoms with Crippen LogP contribution in [-0.4, -0.2) is 165 Å². The minimum absolute atomic E-state index is 0.0756. The number of carbonyl (C=O) groups excluding carboxylic acids is 2. The molecule has 0 saturated carbocycles. The summed E-state index contributed by atoms with van der Waals surface area (Å²) in [5.74, 6) is -0.634. The number of aldehydes is 1. The van der Waals surface area contributed by atoms with Gasteiger partial charge in [0.05, 0.1) is 26.2 Å². The molecule has 1 aliphatic rings. The lowest BCUT2D eigenvalue weighted by Crippen LogP contribution is -2.48. The van der Waals surface area contributed by atoms with Crippen molar-refractivity contribution >= 4 is 36.0 Å². The summed E-state index contributed by atoms with van der Waals surface area (Å²) in [6.45, 7) is 13.0. The Morgan fingerprint density at radius 2 is 1.29 bits per heavy atom. The molecule has 17 nitrogen and oxygen atoms in total. The summed E-state index contributed by atoms with van der Waals surface area (Å²) in [4.78, 5) is 80.9. The number of aliphatic hydroxyl groups excluding tert-OH is 1. The molecule has 6 N–H and O–H groups in total. The number of nitrogens with one attached hydrogen (secondary N) is 3. The molecule has 276 valence electrons. The molecule has 17 heteroatoms. The number of hydroxylamine groups is 1. The van der Waals surface area contributed by atoms with E-state index in [9.17, 15) is 29.1 Å². The molecule has 0 aliphatic carbocycles. The van der Waals surface area contributed by atoms with Crippen LogP contribution < -0.4 is 27.0 Å². The largest absolute Gasteiger partial charge is 0.483 e. The summed E-state index contributed by atoms with van der Waals surface area (Å²) in [7, 11) is 1.00. The Kier molecular flexibility index (Phi) is 25.5. The van der Waals surface area contributed by atoms with Crippen molar-refractivity contribution in [1.29, 1.82) is 0 Å². The van der Waals surface area contributed by atoms with Crippen LogP contribution in [-0.2, 0) is 24.0 Å². The molecule has 1 aromatic rings. The number of anilines is 2. The molecule has 1 heterocycles. The Balaban J connectivity index is 0.00000417. The zero-order valence-corrected chi connectivity index (χ0v) is 28.9.